The van der Waals surface area contributed by atoms with E-state index in [1.54, 1.807) is 12.1 Å². The fraction of sp³-hybridized carbons (Fsp3) is 0.176. The number of carbonyl (C=O) groups excluding carboxylic acids is 1. The van der Waals surface area contributed by atoms with Crippen LogP contribution in [-0.2, 0) is 5.54 Å². The molecule has 0 saturated heterocycles. The van der Waals surface area contributed by atoms with Crippen LogP contribution in [0.15, 0.2) is 66.0 Å². The Morgan fingerprint density at radius 2 is 1.83 bits per heavy atom. The zero-order valence-electron chi connectivity index (χ0n) is 12.6. The van der Waals surface area contributed by atoms with Crippen LogP contribution in [0.3, 0.4) is 0 Å². The van der Waals surface area contributed by atoms with Gasteiger partial charge in [0, 0.05) is 13.2 Å². The van der Waals surface area contributed by atoms with Gasteiger partial charge >= 0.3 is 12.2 Å². The maximum absolute atomic E-state index is 14.3. The number of urea groups is 1. The predicted molar refractivity (Wildman–Crippen MR) is 80.1 cm³/mol. The Morgan fingerprint density at radius 1 is 1.17 bits per heavy atom. The molecule has 2 amide bonds. The van der Waals surface area contributed by atoms with Crippen molar-refractivity contribution < 1.29 is 18.0 Å². The van der Waals surface area contributed by atoms with Gasteiger partial charge in [0.25, 0.3) is 0 Å². The lowest BCUT2D eigenvalue weighted by atomic mass is 9.78. The van der Waals surface area contributed by atoms with Crippen LogP contribution >= 0.6 is 0 Å². The van der Waals surface area contributed by atoms with Gasteiger partial charge < -0.3 is 4.90 Å². The molecule has 0 unspecified atom stereocenters. The average molecular weight is 331 g/mol. The van der Waals surface area contributed by atoms with E-state index in [4.69, 9.17) is 0 Å². The van der Waals surface area contributed by atoms with E-state index in [0.29, 0.717) is 4.90 Å². The molecule has 0 radical (unpaired) electrons. The summed E-state index contributed by atoms with van der Waals surface area (Å²) in [6.45, 7) is 0. The molecule has 0 spiro atoms. The third-order valence-corrected chi connectivity index (χ3v) is 4.19. The van der Waals surface area contributed by atoms with Gasteiger partial charge in [-0.15, -0.1) is 0 Å². The van der Waals surface area contributed by atoms with Crippen molar-refractivity contribution in [2.45, 2.75) is 11.7 Å². The van der Waals surface area contributed by atoms with Crippen LogP contribution in [0.1, 0.15) is 5.56 Å². The van der Waals surface area contributed by atoms with Crippen LogP contribution in [0.25, 0.3) is 0 Å². The molecule has 2 aliphatic rings. The number of benzene rings is 1. The summed E-state index contributed by atoms with van der Waals surface area (Å²) in [6, 6.07) is 7.85. The molecule has 2 heterocycles. The lowest BCUT2D eigenvalue weighted by Gasteiger charge is -2.48. The molecule has 7 heteroatoms. The third-order valence-electron chi connectivity index (χ3n) is 4.19. The molecule has 24 heavy (non-hydrogen) atoms. The molecule has 0 bridgehead atoms. The number of nitriles is 1. The van der Waals surface area contributed by atoms with Crippen LogP contribution in [0.2, 0.25) is 0 Å². The number of alkyl halides is 3. The van der Waals surface area contributed by atoms with Crippen LogP contribution in [0, 0.1) is 11.3 Å². The Morgan fingerprint density at radius 3 is 2.42 bits per heavy atom. The normalized spacial score (nSPS) is 23.4. The maximum Gasteiger partial charge on any atom is 0.421 e. The van der Waals surface area contributed by atoms with E-state index in [0.717, 1.165) is 11.9 Å². The fourth-order valence-electron chi connectivity index (χ4n) is 3.12. The molecule has 0 aliphatic carbocycles. The molecule has 1 aromatic carbocycles. The minimum atomic E-state index is -4.88. The first-order chi connectivity index (χ1) is 11.4. The lowest BCUT2D eigenvalue weighted by Crippen LogP contribution is -2.63. The minimum absolute atomic E-state index is 0.0655. The molecule has 0 fully saturated rings. The van der Waals surface area contributed by atoms with Gasteiger partial charge in [0.05, 0.1) is 11.3 Å². The number of halogens is 3. The predicted octanol–water partition coefficient (Wildman–Crippen LogP) is 3.67. The molecule has 1 aromatic rings. The first-order valence-electron chi connectivity index (χ1n) is 7.04. The molecule has 1 atom stereocenters. The van der Waals surface area contributed by atoms with Gasteiger partial charge in [-0.05, 0) is 17.7 Å². The van der Waals surface area contributed by atoms with Crippen molar-refractivity contribution in [2.75, 3.05) is 7.05 Å². The van der Waals surface area contributed by atoms with Crippen LogP contribution in [0.5, 0.6) is 0 Å². The smallest absolute Gasteiger partial charge is 0.304 e. The highest BCUT2D eigenvalue weighted by Crippen LogP contribution is 2.52. The zero-order valence-corrected chi connectivity index (χ0v) is 12.6. The minimum Gasteiger partial charge on any atom is -0.304 e. The largest absolute Gasteiger partial charge is 0.421 e. The van der Waals surface area contributed by atoms with E-state index >= 15 is 0 Å². The lowest BCUT2D eigenvalue weighted by molar-refractivity contribution is -0.213. The maximum atomic E-state index is 14.3. The monoisotopic (exact) mass is 331 g/mol. The molecule has 0 aromatic heterocycles. The van der Waals surface area contributed by atoms with E-state index in [-0.39, 0.29) is 11.3 Å². The van der Waals surface area contributed by atoms with Crippen molar-refractivity contribution in [3.05, 3.63) is 71.6 Å². The first kappa shape index (κ1) is 15.9. The van der Waals surface area contributed by atoms with Crippen LogP contribution in [0.4, 0.5) is 18.0 Å². The highest BCUT2D eigenvalue weighted by atomic mass is 19.4. The summed E-state index contributed by atoms with van der Waals surface area (Å²) in [5.74, 6) is 0. The van der Waals surface area contributed by atoms with Gasteiger partial charge in [0.15, 0.2) is 0 Å². The first-order valence-corrected chi connectivity index (χ1v) is 7.04. The summed E-state index contributed by atoms with van der Waals surface area (Å²) < 4.78 is 42.8. The average Bonchev–Trinajstić information content (AvgIpc) is 2.57. The van der Waals surface area contributed by atoms with Crippen molar-refractivity contribution in [1.82, 2.24) is 9.80 Å². The molecule has 2 aliphatic heterocycles. The fourth-order valence-corrected chi connectivity index (χ4v) is 3.12. The number of nitrogens with zero attached hydrogens (tertiary/aromatic N) is 3. The molecule has 3 rings (SSSR count). The highest BCUT2D eigenvalue weighted by molar-refractivity contribution is 5.84. The SMILES string of the molecule is CN1C(=O)N2C=CC=CC2=C(C#N)[C@]1(c1ccccc1)C(F)(F)F. The summed E-state index contributed by atoms with van der Waals surface area (Å²) >= 11 is 0. The Labute approximate surface area is 136 Å². The zero-order chi connectivity index (χ0) is 17.5. The topological polar surface area (TPSA) is 47.3 Å². The number of allylic oxidation sites excluding steroid dienone is 3. The Balaban J connectivity index is 2.44. The molecule has 0 saturated carbocycles. The summed E-state index contributed by atoms with van der Waals surface area (Å²) in [5.41, 5.74) is -3.62. The van der Waals surface area contributed by atoms with Crippen LogP contribution in [-0.4, -0.2) is 29.1 Å². The second-order valence-corrected chi connectivity index (χ2v) is 5.36. The number of hydrogen-bond donors (Lipinski definition) is 0. The number of fused-ring (bicyclic) bond motifs is 1. The molecule has 122 valence electrons. The number of amides is 2. The standard InChI is InChI=1S/C17H12F3N3O/c1-22-15(24)23-10-6-5-9-14(23)13(11-21)16(22,17(18,19)20)12-7-3-2-4-8-12/h2-10H,1H3/t16-/m1/s1. The van der Waals surface area contributed by atoms with Gasteiger partial charge in [-0.1, -0.05) is 36.4 Å². The van der Waals surface area contributed by atoms with Gasteiger partial charge in [0.1, 0.15) is 6.07 Å². The van der Waals surface area contributed by atoms with Gasteiger partial charge in [-0.25, -0.2) is 4.79 Å². The second-order valence-electron chi connectivity index (χ2n) is 5.36. The number of hydrogen-bond acceptors (Lipinski definition) is 2. The number of carbonyl (C=O) groups is 1. The number of likely N-dealkylation sites (N-methyl/N-ethyl adjacent to an activating group) is 1. The molecule has 0 N–H and O–H groups in total. The third kappa shape index (κ3) is 1.89. The van der Waals surface area contributed by atoms with Crippen molar-refractivity contribution in [2.24, 2.45) is 0 Å². The van der Waals surface area contributed by atoms with E-state index in [1.807, 2.05) is 0 Å². The van der Waals surface area contributed by atoms with Gasteiger partial charge in [-0.3, -0.25) is 4.90 Å². The van der Waals surface area contributed by atoms with Crippen LogP contribution < -0.4 is 0 Å². The Bertz CT molecular complexity index is 818. The Hall–Kier alpha value is -3.01. The number of rotatable bonds is 1. The van der Waals surface area contributed by atoms with Crippen molar-refractivity contribution in [3.8, 4) is 6.07 Å². The van der Waals surface area contributed by atoms with Crippen molar-refractivity contribution >= 4 is 6.03 Å². The van der Waals surface area contributed by atoms with Gasteiger partial charge in [0.2, 0.25) is 5.54 Å². The quantitative estimate of drug-likeness (QED) is 0.788. The second kappa shape index (κ2) is 5.27. The van der Waals surface area contributed by atoms with Gasteiger partial charge in [-0.2, -0.15) is 18.4 Å². The highest BCUT2D eigenvalue weighted by Gasteiger charge is 2.66. The molecular weight excluding hydrogens is 319 g/mol. The van der Waals surface area contributed by atoms with Crippen molar-refractivity contribution in [1.29, 1.82) is 5.26 Å². The summed E-state index contributed by atoms with van der Waals surface area (Å²) in [5, 5.41) is 9.56. The van der Waals surface area contributed by atoms with E-state index in [1.165, 1.54) is 48.7 Å². The van der Waals surface area contributed by atoms with E-state index in [9.17, 15) is 23.2 Å². The summed E-state index contributed by atoms with van der Waals surface area (Å²) in [6.07, 6.45) is 0.822. The molecular formula is C17H12F3N3O. The summed E-state index contributed by atoms with van der Waals surface area (Å²) in [7, 11) is 1.06. The van der Waals surface area contributed by atoms with Crippen molar-refractivity contribution in [3.63, 3.8) is 0 Å². The molecule has 4 nitrogen and oxygen atoms in total. The summed E-state index contributed by atoms with van der Waals surface area (Å²) in [4.78, 5) is 14.2. The Kier molecular flexibility index (Phi) is 3.48. The van der Waals surface area contributed by atoms with E-state index in [2.05, 4.69) is 0 Å². The van der Waals surface area contributed by atoms with E-state index < -0.39 is 23.3 Å².